The minimum Gasteiger partial charge on any atom is -0.478 e. The average molecular weight is 260 g/mol. The van der Waals surface area contributed by atoms with E-state index in [0.717, 1.165) is 6.07 Å². The van der Waals surface area contributed by atoms with Gasteiger partial charge in [0.2, 0.25) is 0 Å². The molecule has 0 fully saturated rings. The number of carboxylic acid groups (broad SMARTS) is 1. The second-order valence-electron chi connectivity index (χ2n) is 4.02. The number of nitrogens with zero attached hydrogens (tertiary/aromatic N) is 1. The highest BCUT2D eigenvalue weighted by Gasteiger charge is 2.18. The first-order chi connectivity index (χ1) is 9.13. The summed E-state index contributed by atoms with van der Waals surface area (Å²) in [6.07, 6.45) is 1.63. The van der Waals surface area contributed by atoms with E-state index in [1.165, 1.54) is 12.1 Å². The Bertz CT molecular complexity index is 587. The number of carbonyl (C=O) groups is 1. The molecule has 0 aliphatic rings. The fraction of sp³-hybridized carbons (Fsp3) is 0.143. The van der Waals surface area contributed by atoms with Crippen LogP contribution in [0, 0.1) is 5.82 Å². The largest absolute Gasteiger partial charge is 0.478 e. The highest BCUT2D eigenvalue weighted by atomic mass is 19.1. The van der Waals surface area contributed by atoms with Crippen LogP contribution in [0.25, 0.3) is 0 Å². The van der Waals surface area contributed by atoms with Crippen molar-refractivity contribution in [2.75, 3.05) is 7.05 Å². The fourth-order valence-corrected chi connectivity index (χ4v) is 1.90. The standard InChI is InChI=1S/C14H13FN2O2/c1-16-13(12-4-2-3-7-17-12)10-6-5-9(14(18)19)8-11(10)15/h2-8,13,16H,1H3,(H,18,19). The molecule has 2 aromatic rings. The number of aromatic nitrogens is 1. The lowest BCUT2D eigenvalue weighted by Gasteiger charge is -2.17. The number of aromatic carboxylic acids is 1. The van der Waals surface area contributed by atoms with E-state index in [1.54, 1.807) is 25.4 Å². The minimum absolute atomic E-state index is 0.0721. The highest BCUT2D eigenvalue weighted by Crippen LogP contribution is 2.23. The first kappa shape index (κ1) is 13.2. The summed E-state index contributed by atoms with van der Waals surface area (Å²) in [6, 6.07) is 8.83. The number of rotatable bonds is 4. The van der Waals surface area contributed by atoms with Gasteiger partial charge in [-0.3, -0.25) is 4.98 Å². The van der Waals surface area contributed by atoms with Gasteiger partial charge in [-0.1, -0.05) is 12.1 Å². The maximum Gasteiger partial charge on any atom is 0.335 e. The van der Waals surface area contributed by atoms with Gasteiger partial charge in [0.15, 0.2) is 0 Å². The van der Waals surface area contributed by atoms with Crippen LogP contribution < -0.4 is 5.32 Å². The van der Waals surface area contributed by atoms with Gasteiger partial charge in [-0.2, -0.15) is 0 Å². The molecule has 0 aliphatic heterocycles. The van der Waals surface area contributed by atoms with Crippen molar-refractivity contribution in [3.05, 3.63) is 65.2 Å². The molecular formula is C14H13FN2O2. The molecule has 98 valence electrons. The summed E-state index contributed by atoms with van der Waals surface area (Å²) in [5.74, 6) is -1.71. The van der Waals surface area contributed by atoms with Gasteiger partial charge in [-0.05, 0) is 31.3 Å². The molecule has 5 heteroatoms. The van der Waals surface area contributed by atoms with E-state index in [2.05, 4.69) is 10.3 Å². The number of carboxylic acids is 1. The lowest BCUT2D eigenvalue weighted by Crippen LogP contribution is -2.20. The van der Waals surface area contributed by atoms with E-state index >= 15 is 0 Å². The van der Waals surface area contributed by atoms with Gasteiger partial charge in [0.05, 0.1) is 17.3 Å². The zero-order chi connectivity index (χ0) is 13.8. The average Bonchev–Trinajstić information content (AvgIpc) is 2.42. The van der Waals surface area contributed by atoms with Crippen LogP contribution in [0.3, 0.4) is 0 Å². The van der Waals surface area contributed by atoms with Crippen LogP contribution in [0.5, 0.6) is 0 Å². The third-order valence-corrected chi connectivity index (χ3v) is 2.83. The van der Waals surface area contributed by atoms with Gasteiger partial charge in [-0.15, -0.1) is 0 Å². The molecule has 2 N–H and O–H groups in total. The summed E-state index contributed by atoms with van der Waals surface area (Å²) >= 11 is 0. The molecule has 0 aliphatic carbocycles. The van der Waals surface area contributed by atoms with Crippen LogP contribution >= 0.6 is 0 Å². The van der Waals surface area contributed by atoms with Gasteiger partial charge < -0.3 is 10.4 Å². The van der Waals surface area contributed by atoms with E-state index < -0.39 is 17.8 Å². The van der Waals surface area contributed by atoms with Gasteiger partial charge in [0.25, 0.3) is 0 Å². The number of pyridine rings is 1. The molecule has 1 aromatic carbocycles. The fourth-order valence-electron chi connectivity index (χ4n) is 1.90. The minimum atomic E-state index is -1.15. The zero-order valence-electron chi connectivity index (χ0n) is 10.3. The molecule has 0 saturated carbocycles. The predicted molar refractivity (Wildman–Crippen MR) is 68.5 cm³/mol. The second kappa shape index (κ2) is 5.58. The van der Waals surface area contributed by atoms with E-state index in [-0.39, 0.29) is 5.56 Å². The molecule has 19 heavy (non-hydrogen) atoms. The number of nitrogens with one attached hydrogen (secondary N) is 1. The van der Waals surface area contributed by atoms with E-state index in [1.807, 2.05) is 6.07 Å². The first-order valence-corrected chi connectivity index (χ1v) is 5.74. The number of hydrogen-bond donors (Lipinski definition) is 2. The van der Waals surface area contributed by atoms with Crippen molar-refractivity contribution in [3.63, 3.8) is 0 Å². The van der Waals surface area contributed by atoms with Crippen LogP contribution in [0.4, 0.5) is 4.39 Å². The van der Waals surface area contributed by atoms with Crippen LogP contribution in [-0.2, 0) is 0 Å². The van der Waals surface area contributed by atoms with Crippen molar-refractivity contribution >= 4 is 5.97 Å². The smallest absolute Gasteiger partial charge is 0.335 e. The molecule has 4 nitrogen and oxygen atoms in total. The molecule has 0 saturated heterocycles. The molecule has 1 unspecified atom stereocenters. The zero-order valence-corrected chi connectivity index (χ0v) is 10.3. The van der Waals surface area contributed by atoms with Crippen molar-refractivity contribution in [1.82, 2.24) is 10.3 Å². The molecule has 2 rings (SSSR count). The Balaban J connectivity index is 2.42. The summed E-state index contributed by atoms with van der Waals surface area (Å²) in [5.41, 5.74) is 0.968. The number of halogens is 1. The molecular weight excluding hydrogens is 247 g/mol. The summed E-state index contributed by atoms with van der Waals surface area (Å²) in [6.45, 7) is 0. The Morgan fingerprint density at radius 2 is 2.16 bits per heavy atom. The van der Waals surface area contributed by atoms with Crippen molar-refractivity contribution < 1.29 is 14.3 Å². The van der Waals surface area contributed by atoms with Crippen LogP contribution in [0.1, 0.15) is 27.7 Å². The Morgan fingerprint density at radius 1 is 1.37 bits per heavy atom. The number of benzene rings is 1. The van der Waals surface area contributed by atoms with E-state index in [0.29, 0.717) is 11.3 Å². The van der Waals surface area contributed by atoms with Crippen LogP contribution in [-0.4, -0.2) is 23.1 Å². The number of hydrogen-bond acceptors (Lipinski definition) is 3. The van der Waals surface area contributed by atoms with Crippen molar-refractivity contribution in [3.8, 4) is 0 Å². The predicted octanol–water partition coefficient (Wildman–Crippen LogP) is 2.23. The maximum atomic E-state index is 14.0. The molecule has 0 spiro atoms. The summed E-state index contributed by atoms with van der Waals surface area (Å²) in [7, 11) is 1.70. The summed E-state index contributed by atoms with van der Waals surface area (Å²) < 4.78 is 14.0. The van der Waals surface area contributed by atoms with Gasteiger partial charge in [-0.25, -0.2) is 9.18 Å². The SMILES string of the molecule is CNC(c1ccccn1)c1ccc(C(=O)O)cc1F. The van der Waals surface area contributed by atoms with Gasteiger partial charge in [0.1, 0.15) is 5.82 Å². The van der Waals surface area contributed by atoms with Gasteiger partial charge in [0, 0.05) is 11.8 Å². The molecule has 1 heterocycles. The summed E-state index contributed by atoms with van der Waals surface area (Å²) in [5, 5.41) is 11.8. The molecule has 0 amide bonds. The molecule has 1 atom stereocenters. The normalized spacial score (nSPS) is 12.1. The van der Waals surface area contributed by atoms with Crippen molar-refractivity contribution in [1.29, 1.82) is 0 Å². The van der Waals surface area contributed by atoms with Crippen molar-refractivity contribution in [2.45, 2.75) is 6.04 Å². The summed E-state index contributed by atoms with van der Waals surface area (Å²) in [4.78, 5) is 15.0. The highest BCUT2D eigenvalue weighted by molar-refractivity contribution is 5.87. The molecule has 0 radical (unpaired) electrons. The molecule has 1 aromatic heterocycles. The Labute approximate surface area is 109 Å². The Hall–Kier alpha value is -2.27. The van der Waals surface area contributed by atoms with E-state index in [4.69, 9.17) is 5.11 Å². The monoisotopic (exact) mass is 260 g/mol. The lowest BCUT2D eigenvalue weighted by molar-refractivity contribution is 0.0696. The Morgan fingerprint density at radius 3 is 2.68 bits per heavy atom. The molecule has 0 bridgehead atoms. The third-order valence-electron chi connectivity index (χ3n) is 2.83. The van der Waals surface area contributed by atoms with Gasteiger partial charge >= 0.3 is 5.97 Å². The Kier molecular flexibility index (Phi) is 3.87. The lowest BCUT2D eigenvalue weighted by atomic mass is 10.0. The topological polar surface area (TPSA) is 62.2 Å². The van der Waals surface area contributed by atoms with E-state index in [9.17, 15) is 9.18 Å². The third kappa shape index (κ3) is 2.77. The van der Waals surface area contributed by atoms with Crippen molar-refractivity contribution in [2.24, 2.45) is 0 Å². The first-order valence-electron chi connectivity index (χ1n) is 5.74. The maximum absolute atomic E-state index is 14.0. The van der Waals surface area contributed by atoms with Crippen LogP contribution in [0.2, 0.25) is 0 Å². The quantitative estimate of drug-likeness (QED) is 0.885. The second-order valence-corrected chi connectivity index (χ2v) is 4.02. The van der Waals surface area contributed by atoms with Crippen LogP contribution in [0.15, 0.2) is 42.6 Å².